The number of benzene rings is 1. The summed E-state index contributed by atoms with van der Waals surface area (Å²) in [6.07, 6.45) is 2.79. The molecule has 0 saturated heterocycles. The molecule has 1 unspecified atom stereocenters. The molecule has 0 bridgehead atoms. The maximum atomic E-state index is 6.19. The summed E-state index contributed by atoms with van der Waals surface area (Å²) in [6.45, 7) is 4.11. The summed E-state index contributed by atoms with van der Waals surface area (Å²) in [7, 11) is 0. The topological polar surface area (TPSA) is 33.6 Å². The van der Waals surface area contributed by atoms with Gasteiger partial charge in [0.2, 0.25) is 0 Å². The van der Waals surface area contributed by atoms with Crippen molar-refractivity contribution in [1.29, 1.82) is 0 Å². The molecule has 3 aromatic rings. The third-order valence-electron chi connectivity index (χ3n) is 3.68. The number of nitrogens with zero attached hydrogens (tertiary/aromatic N) is 2. The van der Waals surface area contributed by atoms with E-state index in [4.69, 9.17) is 35.4 Å². The molecule has 0 fully saturated rings. The van der Waals surface area contributed by atoms with Crippen LogP contribution in [0.1, 0.15) is 30.6 Å². The molecule has 1 aromatic carbocycles. The van der Waals surface area contributed by atoms with Gasteiger partial charge in [0.15, 0.2) is 4.77 Å². The van der Waals surface area contributed by atoms with E-state index in [0.29, 0.717) is 14.8 Å². The molecule has 7 heteroatoms. The van der Waals surface area contributed by atoms with Gasteiger partial charge in [0.1, 0.15) is 5.01 Å². The van der Waals surface area contributed by atoms with Crippen LogP contribution in [0.2, 0.25) is 10.0 Å². The lowest BCUT2D eigenvalue weighted by atomic mass is 10.0. The van der Waals surface area contributed by atoms with Crippen LogP contribution in [0.25, 0.3) is 10.7 Å². The Hall–Kier alpha value is -1.14. The van der Waals surface area contributed by atoms with Crippen molar-refractivity contribution in [2.24, 2.45) is 0 Å². The number of rotatable bonds is 4. The third-order valence-corrected chi connectivity index (χ3v) is 5.71. The Morgan fingerprint density at radius 1 is 1.35 bits per heavy atom. The van der Waals surface area contributed by atoms with Gasteiger partial charge in [-0.05, 0) is 43.3 Å². The van der Waals surface area contributed by atoms with Crippen molar-refractivity contribution in [2.45, 2.75) is 26.3 Å². The standard InChI is InChI=1S/C16H15Cl2N3S2/c1-3-13(10-4-5-11(17)12(18)6-10)21-14(7-19-16(21)22)15-20-9(2)8-23-15/h4-8,13H,3H2,1-2H3,(H,19,22). The SMILES string of the molecule is CCC(c1ccc(Cl)c(Cl)c1)n1c(-c2nc(C)cs2)c[nH]c1=S. The first-order chi connectivity index (χ1) is 11.0. The highest BCUT2D eigenvalue weighted by Gasteiger charge is 2.19. The van der Waals surface area contributed by atoms with Gasteiger partial charge in [0.05, 0.1) is 21.8 Å². The van der Waals surface area contributed by atoms with Crippen molar-refractivity contribution in [3.63, 3.8) is 0 Å². The molecular weight excluding hydrogens is 369 g/mol. The third kappa shape index (κ3) is 3.24. The molecule has 3 rings (SSSR count). The Balaban J connectivity index is 2.13. The first-order valence-corrected chi connectivity index (χ1v) is 9.23. The summed E-state index contributed by atoms with van der Waals surface area (Å²) in [5.41, 5.74) is 3.07. The van der Waals surface area contributed by atoms with Gasteiger partial charge in [-0.3, -0.25) is 0 Å². The van der Waals surface area contributed by atoms with E-state index in [2.05, 4.69) is 21.5 Å². The highest BCUT2D eigenvalue weighted by atomic mass is 35.5. The smallest absolute Gasteiger partial charge is 0.178 e. The predicted octanol–water partition coefficient (Wildman–Crippen LogP) is 6.28. The van der Waals surface area contributed by atoms with E-state index in [1.54, 1.807) is 11.3 Å². The van der Waals surface area contributed by atoms with Crippen LogP contribution >= 0.6 is 46.8 Å². The average molecular weight is 384 g/mol. The van der Waals surface area contributed by atoms with Crippen molar-refractivity contribution < 1.29 is 0 Å². The van der Waals surface area contributed by atoms with Gasteiger partial charge < -0.3 is 9.55 Å². The van der Waals surface area contributed by atoms with Crippen molar-refractivity contribution >= 4 is 46.8 Å². The van der Waals surface area contributed by atoms with Crippen LogP contribution in [0.3, 0.4) is 0 Å². The van der Waals surface area contributed by atoms with E-state index in [1.165, 1.54) is 0 Å². The second-order valence-corrected chi connectivity index (χ2v) is 7.30. The van der Waals surface area contributed by atoms with Crippen molar-refractivity contribution in [2.75, 3.05) is 0 Å². The van der Waals surface area contributed by atoms with E-state index >= 15 is 0 Å². The second-order valence-electron chi connectivity index (χ2n) is 5.24. The minimum absolute atomic E-state index is 0.0720. The van der Waals surface area contributed by atoms with Crippen LogP contribution in [-0.4, -0.2) is 14.5 Å². The fourth-order valence-electron chi connectivity index (χ4n) is 2.61. The number of hydrogen-bond acceptors (Lipinski definition) is 3. The minimum atomic E-state index is 0.0720. The van der Waals surface area contributed by atoms with Gasteiger partial charge >= 0.3 is 0 Å². The molecule has 3 nitrogen and oxygen atoms in total. The number of aryl methyl sites for hydroxylation is 1. The van der Waals surface area contributed by atoms with Crippen LogP contribution in [-0.2, 0) is 0 Å². The zero-order chi connectivity index (χ0) is 16.6. The first-order valence-electron chi connectivity index (χ1n) is 7.18. The van der Waals surface area contributed by atoms with Crippen LogP contribution in [0.15, 0.2) is 29.8 Å². The molecule has 0 aliphatic heterocycles. The first kappa shape index (κ1) is 16.7. The van der Waals surface area contributed by atoms with Gasteiger partial charge in [-0.25, -0.2) is 4.98 Å². The predicted molar refractivity (Wildman–Crippen MR) is 100 cm³/mol. The summed E-state index contributed by atoms with van der Waals surface area (Å²) in [5, 5.41) is 4.10. The normalized spacial score (nSPS) is 12.5. The lowest BCUT2D eigenvalue weighted by Crippen LogP contribution is -2.11. The number of imidazole rings is 1. The molecular formula is C16H15Cl2N3S2. The van der Waals surface area contributed by atoms with E-state index in [9.17, 15) is 0 Å². The van der Waals surface area contributed by atoms with Crippen molar-refractivity contribution in [1.82, 2.24) is 14.5 Å². The molecule has 0 aliphatic rings. The van der Waals surface area contributed by atoms with Crippen LogP contribution in [0.5, 0.6) is 0 Å². The Labute approximate surface area is 153 Å². The van der Waals surface area contributed by atoms with E-state index in [1.807, 2.05) is 36.7 Å². The molecule has 120 valence electrons. The van der Waals surface area contributed by atoms with Gasteiger partial charge in [-0.15, -0.1) is 11.3 Å². The Morgan fingerprint density at radius 3 is 2.74 bits per heavy atom. The summed E-state index contributed by atoms with van der Waals surface area (Å²) in [4.78, 5) is 7.72. The number of H-pyrrole nitrogens is 1. The zero-order valence-electron chi connectivity index (χ0n) is 12.6. The Bertz CT molecular complexity index is 895. The molecule has 0 saturated carbocycles. The highest BCUT2D eigenvalue weighted by molar-refractivity contribution is 7.71. The average Bonchev–Trinajstić information content (AvgIpc) is 3.10. The Morgan fingerprint density at radius 2 is 2.13 bits per heavy atom. The van der Waals surface area contributed by atoms with E-state index < -0.39 is 0 Å². The molecule has 23 heavy (non-hydrogen) atoms. The lowest BCUT2D eigenvalue weighted by molar-refractivity contribution is 0.565. The van der Waals surface area contributed by atoms with Crippen molar-refractivity contribution in [3.8, 4) is 10.7 Å². The quantitative estimate of drug-likeness (QED) is 0.537. The molecule has 0 aliphatic carbocycles. The van der Waals surface area contributed by atoms with Gasteiger partial charge in [-0.1, -0.05) is 36.2 Å². The molecule has 1 N–H and O–H groups in total. The maximum absolute atomic E-state index is 6.19. The number of aromatic amines is 1. The molecule has 1 atom stereocenters. The number of aromatic nitrogens is 3. The minimum Gasteiger partial charge on any atom is -0.337 e. The van der Waals surface area contributed by atoms with Crippen LogP contribution < -0.4 is 0 Å². The molecule has 2 heterocycles. The molecule has 0 radical (unpaired) electrons. The summed E-state index contributed by atoms with van der Waals surface area (Å²) in [5.74, 6) is 0. The largest absolute Gasteiger partial charge is 0.337 e. The fraction of sp³-hybridized carbons (Fsp3) is 0.250. The van der Waals surface area contributed by atoms with E-state index in [-0.39, 0.29) is 6.04 Å². The fourth-order valence-corrected chi connectivity index (χ4v) is 4.01. The number of nitrogens with one attached hydrogen (secondary N) is 1. The van der Waals surface area contributed by atoms with Crippen molar-refractivity contribution in [3.05, 3.63) is 55.8 Å². The zero-order valence-corrected chi connectivity index (χ0v) is 15.8. The van der Waals surface area contributed by atoms with Gasteiger partial charge in [-0.2, -0.15) is 0 Å². The summed E-state index contributed by atoms with van der Waals surface area (Å²) >= 11 is 19.4. The number of thiazole rings is 1. The molecule has 0 spiro atoms. The highest BCUT2D eigenvalue weighted by Crippen LogP contribution is 2.33. The number of hydrogen-bond donors (Lipinski definition) is 1. The monoisotopic (exact) mass is 383 g/mol. The molecule has 2 aromatic heterocycles. The second kappa shape index (κ2) is 6.77. The summed E-state index contributed by atoms with van der Waals surface area (Å²) in [6, 6.07) is 5.80. The van der Waals surface area contributed by atoms with Crippen LogP contribution in [0, 0.1) is 11.7 Å². The van der Waals surface area contributed by atoms with Crippen LogP contribution in [0.4, 0.5) is 0 Å². The maximum Gasteiger partial charge on any atom is 0.178 e. The van der Waals surface area contributed by atoms with Gasteiger partial charge in [0, 0.05) is 17.3 Å². The summed E-state index contributed by atoms with van der Waals surface area (Å²) < 4.78 is 2.78. The Kier molecular flexibility index (Phi) is 4.92. The molecule has 0 amide bonds. The van der Waals surface area contributed by atoms with E-state index in [0.717, 1.165) is 28.4 Å². The number of halogens is 2. The lowest BCUT2D eigenvalue weighted by Gasteiger charge is -2.20. The van der Waals surface area contributed by atoms with Gasteiger partial charge in [0.25, 0.3) is 0 Å².